The maximum atomic E-state index is 11.4. The van der Waals surface area contributed by atoms with E-state index in [1.807, 2.05) is 37.4 Å². The van der Waals surface area contributed by atoms with Crippen molar-refractivity contribution in [2.24, 2.45) is 0 Å². The molecule has 0 bridgehead atoms. The summed E-state index contributed by atoms with van der Waals surface area (Å²) in [5.74, 6) is -0.439. The number of rotatable bonds is 2. The Balaban J connectivity index is 2.48. The van der Waals surface area contributed by atoms with Crippen LogP contribution in [0, 0.1) is 0 Å². The van der Waals surface area contributed by atoms with Gasteiger partial charge in [0.05, 0.1) is 13.0 Å². The minimum Gasteiger partial charge on any atom is -0.469 e. The largest absolute Gasteiger partial charge is 0.469 e. The molecule has 2 aromatic rings. The molecule has 1 heterocycles. The van der Waals surface area contributed by atoms with Crippen molar-refractivity contribution in [1.82, 2.24) is 4.98 Å². The van der Waals surface area contributed by atoms with Crippen molar-refractivity contribution in [2.45, 2.75) is 12.8 Å². The van der Waals surface area contributed by atoms with Crippen molar-refractivity contribution < 1.29 is 9.53 Å². The molecule has 1 atom stereocenters. The molecule has 0 aliphatic rings. The topological polar surface area (TPSA) is 42.1 Å². The monoisotopic (exact) mass is 203 g/mol. The van der Waals surface area contributed by atoms with Crippen LogP contribution in [0.3, 0.4) is 0 Å². The van der Waals surface area contributed by atoms with Crippen LogP contribution in [-0.2, 0) is 9.53 Å². The Labute approximate surface area is 88.1 Å². The number of aromatic amines is 1. The second kappa shape index (κ2) is 3.77. The van der Waals surface area contributed by atoms with Crippen molar-refractivity contribution in [3.05, 3.63) is 36.0 Å². The van der Waals surface area contributed by atoms with Gasteiger partial charge in [-0.25, -0.2) is 0 Å². The van der Waals surface area contributed by atoms with Crippen molar-refractivity contribution in [1.29, 1.82) is 0 Å². The fraction of sp³-hybridized carbons (Fsp3) is 0.250. The summed E-state index contributed by atoms with van der Waals surface area (Å²) in [4.78, 5) is 14.6. The minimum absolute atomic E-state index is 0.209. The lowest BCUT2D eigenvalue weighted by molar-refractivity contribution is -0.141. The molecule has 0 spiro atoms. The molecule has 1 N–H and O–H groups in total. The van der Waals surface area contributed by atoms with Crippen molar-refractivity contribution >= 4 is 16.9 Å². The molecule has 0 aliphatic heterocycles. The van der Waals surface area contributed by atoms with Crippen molar-refractivity contribution in [2.75, 3.05) is 7.11 Å². The maximum absolute atomic E-state index is 11.4. The van der Waals surface area contributed by atoms with Crippen LogP contribution in [0.2, 0.25) is 0 Å². The second-order valence-corrected chi connectivity index (χ2v) is 3.53. The molecular formula is C12H13NO2. The van der Waals surface area contributed by atoms with Gasteiger partial charge in [-0.15, -0.1) is 0 Å². The third-order valence-corrected chi connectivity index (χ3v) is 2.64. The van der Waals surface area contributed by atoms with Crippen LogP contribution in [0.5, 0.6) is 0 Å². The molecule has 1 aromatic heterocycles. The predicted octanol–water partition coefficient (Wildman–Crippen LogP) is 2.44. The zero-order valence-electron chi connectivity index (χ0n) is 8.78. The first-order chi connectivity index (χ1) is 7.24. The summed E-state index contributed by atoms with van der Waals surface area (Å²) in [6.07, 6.45) is 1.87. The van der Waals surface area contributed by atoms with E-state index in [0.717, 1.165) is 16.5 Å². The number of hydrogen-bond donors (Lipinski definition) is 1. The summed E-state index contributed by atoms with van der Waals surface area (Å²) < 4.78 is 4.73. The van der Waals surface area contributed by atoms with Crippen molar-refractivity contribution in [3.63, 3.8) is 0 Å². The number of carbonyl (C=O) groups is 1. The number of ether oxygens (including phenoxy) is 1. The predicted molar refractivity (Wildman–Crippen MR) is 58.7 cm³/mol. The van der Waals surface area contributed by atoms with Gasteiger partial charge in [0.1, 0.15) is 0 Å². The Bertz CT molecular complexity index is 487. The van der Waals surface area contributed by atoms with E-state index in [-0.39, 0.29) is 11.9 Å². The van der Waals surface area contributed by atoms with Gasteiger partial charge in [0.25, 0.3) is 0 Å². The molecule has 0 radical (unpaired) electrons. The average molecular weight is 203 g/mol. The number of hydrogen-bond acceptors (Lipinski definition) is 2. The quantitative estimate of drug-likeness (QED) is 0.762. The average Bonchev–Trinajstić information content (AvgIpc) is 2.70. The van der Waals surface area contributed by atoms with Gasteiger partial charge < -0.3 is 9.72 Å². The summed E-state index contributed by atoms with van der Waals surface area (Å²) in [6.45, 7) is 1.85. The molecule has 78 valence electrons. The van der Waals surface area contributed by atoms with Gasteiger partial charge in [-0.1, -0.05) is 18.2 Å². The van der Waals surface area contributed by atoms with Crippen LogP contribution in [0.1, 0.15) is 18.4 Å². The van der Waals surface area contributed by atoms with Gasteiger partial charge in [-0.05, 0) is 18.6 Å². The molecule has 0 unspecified atom stereocenters. The smallest absolute Gasteiger partial charge is 0.312 e. The number of aromatic nitrogens is 1. The van der Waals surface area contributed by atoms with E-state index in [4.69, 9.17) is 4.74 Å². The zero-order valence-corrected chi connectivity index (χ0v) is 8.78. The highest BCUT2D eigenvalue weighted by atomic mass is 16.5. The summed E-state index contributed by atoms with van der Waals surface area (Å²) >= 11 is 0. The molecule has 2 rings (SSSR count). The third-order valence-electron chi connectivity index (χ3n) is 2.64. The summed E-state index contributed by atoms with van der Waals surface area (Å²) in [5.41, 5.74) is 2.03. The highest BCUT2D eigenvalue weighted by Gasteiger charge is 2.18. The molecule has 0 saturated heterocycles. The lowest BCUT2D eigenvalue weighted by Gasteiger charge is -2.07. The lowest BCUT2D eigenvalue weighted by atomic mass is 10.0. The van der Waals surface area contributed by atoms with Crippen LogP contribution in [0.4, 0.5) is 0 Å². The molecule has 15 heavy (non-hydrogen) atoms. The first-order valence-electron chi connectivity index (χ1n) is 4.88. The fourth-order valence-electron chi connectivity index (χ4n) is 1.76. The number of methoxy groups -OCH3 is 1. The Morgan fingerprint density at radius 1 is 1.40 bits per heavy atom. The van der Waals surface area contributed by atoms with Crippen LogP contribution in [0.15, 0.2) is 30.5 Å². The Hall–Kier alpha value is -1.77. The number of para-hydroxylation sites is 1. The van der Waals surface area contributed by atoms with E-state index in [1.54, 1.807) is 0 Å². The SMILES string of the molecule is COC(=O)[C@H](C)c1c[nH]c2ccccc12. The molecule has 3 nitrogen and oxygen atoms in total. The third kappa shape index (κ3) is 1.61. The number of benzene rings is 1. The van der Waals surface area contributed by atoms with Crippen LogP contribution >= 0.6 is 0 Å². The van der Waals surface area contributed by atoms with E-state index in [9.17, 15) is 4.79 Å². The molecule has 3 heteroatoms. The standard InChI is InChI=1S/C12H13NO2/c1-8(12(14)15-2)10-7-13-11-6-4-3-5-9(10)11/h3-8,13H,1-2H3/t8-/m1/s1. The van der Waals surface area contributed by atoms with E-state index < -0.39 is 0 Å². The molecule has 1 aromatic carbocycles. The Morgan fingerprint density at radius 2 is 2.13 bits per heavy atom. The van der Waals surface area contributed by atoms with Gasteiger partial charge in [0.15, 0.2) is 0 Å². The highest BCUT2D eigenvalue weighted by molar-refractivity contribution is 5.89. The maximum Gasteiger partial charge on any atom is 0.312 e. The summed E-state index contributed by atoms with van der Waals surface area (Å²) in [5, 5.41) is 1.08. The van der Waals surface area contributed by atoms with E-state index in [2.05, 4.69) is 4.98 Å². The number of carbonyl (C=O) groups excluding carboxylic acids is 1. The lowest BCUT2D eigenvalue weighted by Crippen LogP contribution is -2.10. The van der Waals surface area contributed by atoms with E-state index in [0.29, 0.717) is 0 Å². The fourth-order valence-corrected chi connectivity index (χ4v) is 1.76. The van der Waals surface area contributed by atoms with E-state index >= 15 is 0 Å². The van der Waals surface area contributed by atoms with Crippen LogP contribution in [0.25, 0.3) is 10.9 Å². The van der Waals surface area contributed by atoms with E-state index in [1.165, 1.54) is 7.11 Å². The molecule has 0 saturated carbocycles. The van der Waals surface area contributed by atoms with Gasteiger partial charge >= 0.3 is 5.97 Å². The number of nitrogens with one attached hydrogen (secondary N) is 1. The van der Waals surface area contributed by atoms with Crippen LogP contribution in [-0.4, -0.2) is 18.1 Å². The minimum atomic E-state index is -0.230. The molecule has 0 aliphatic carbocycles. The zero-order chi connectivity index (χ0) is 10.8. The van der Waals surface area contributed by atoms with Gasteiger partial charge in [-0.3, -0.25) is 4.79 Å². The Morgan fingerprint density at radius 3 is 2.87 bits per heavy atom. The second-order valence-electron chi connectivity index (χ2n) is 3.53. The summed E-state index contributed by atoms with van der Waals surface area (Å²) in [6, 6.07) is 7.92. The molecular weight excluding hydrogens is 190 g/mol. The van der Waals surface area contributed by atoms with Gasteiger partial charge in [-0.2, -0.15) is 0 Å². The number of esters is 1. The normalized spacial score (nSPS) is 12.7. The molecule has 0 fully saturated rings. The number of fused-ring (bicyclic) bond motifs is 1. The van der Waals surface area contributed by atoms with Gasteiger partial charge in [0.2, 0.25) is 0 Å². The highest BCUT2D eigenvalue weighted by Crippen LogP contribution is 2.25. The first-order valence-corrected chi connectivity index (χ1v) is 4.88. The first kappa shape index (κ1) is 9.77. The Kier molecular flexibility index (Phi) is 2.46. The van der Waals surface area contributed by atoms with Gasteiger partial charge in [0, 0.05) is 17.1 Å². The number of H-pyrrole nitrogens is 1. The molecule has 0 amide bonds. The van der Waals surface area contributed by atoms with Crippen molar-refractivity contribution in [3.8, 4) is 0 Å². The summed E-state index contributed by atoms with van der Waals surface area (Å²) in [7, 11) is 1.41. The van der Waals surface area contributed by atoms with Crippen LogP contribution < -0.4 is 0 Å².